The second-order valence-electron chi connectivity index (χ2n) is 7.17. The van der Waals surface area contributed by atoms with Crippen LogP contribution in [0.5, 0.6) is 0 Å². The maximum Gasteiger partial charge on any atom is 0.417 e. The van der Waals surface area contributed by atoms with Gasteiger partial charge in [-0.3, -0.25) is 9.59 Å². The van der Waals surface area contributed by atoms with Crippen molar-refractivity contribution in [3.8, 4) is 6.07 Å². The first-order valence-electron chi connectivity index (χ1n) is 8.95. The third-order valence-electron chi connectivity index (χ3n) is 4.74. The monoisotopic (exact) mass is 431 g/mol. The standard InChI is InChI=1S/C20H16F3N5O3/c1-19(2)17(30)28(13-7-6-12(10-24)14(9-13)20(21,22)23)18(31)27(19)11-16(29)26-15-5-3-4-8-25-15/h3-9H,11H2,1-2H3,(H,25,26,29). The fourth-order valence-corrected chi connectivity index (χ4v) is 3.09. The third-order valence-corrected chi connectivity index (χ3v) is 4.74. The highest BCUT2D eigenvalue weighted by Crippen LogP contribution is 2.37. The van der Waals surface area contributed by atoms with Crippen molar-refractivity contribution in [2.24, 2.45) is 0 Å². The number of carbonyl (C=O) groups is 3. The van der Waals surface area contributed by atoms with Gasteiger partial charge in [-0.05, 0) is 44.2 Å². The summed E-state index contributed by atoms with van der Waals surface area (Å²) in [5.41, 5.74) is -3.74. The normalized spacial score (nSPS) is 15.7. The van der Waals surface area contributed by atoms with Crippen molar-refractivity contribution in [1.82, 2.24) is 9.88 Å². The highest BCUT2D eigenvalue weighted by Gasteiger charge is 2.52. The molecule has 0 atom stereocenters. The van der Waals surface area contributed by atoms with Crippen LogP contribution in [0.2, 0.25) is 0 Å². The van der Waals surface area contributed by atoms with Gasteiger partial charge in [0.2, 0.25) is 5.91 Å². The number of benzene rings is 1. The quantitative estimate of drug-likeness (QED) is 0.749. The summed E-state index contributed by atoms with van der Waals surface area (Å²) in [4.78, 5) is 43.6. The molecule has 2 heterocycles. The molecular formula is C20H16F3N5O3. The number of hydrogen-bond acceptors (Lipinski definition) is 5. The summed E-state index contributed by atoms with van der Waals surface area (Å²) >= 11 is 0. The maximum absolute atomic E-state index is 13.3. The number of rotatable bonds is 4. The number of alkyl halides is 3. The average Bonchev–Trinajstić information content (AvgIpc) is 2.87. The van der Waals surface area contributed by atoms with E-state index in [9.17, 15) is 27.6 Å². The molecule has 0 bridgehead atoms. The second kappa shape index (κ2) is 7.71. The van der Waals surface area contributed by atoms with E-state index < -0.39 is 47.2 Å². The summed E-state index contributed by atoms with van der Waals surface area (Å²) in [6, 6.07) is 7.84. The van der Waals surface area contributed by atoms with E-state index in [1.54, 1.807) is 12.1 Å². The molecule has 4 amide bonds. The van der Waals surface area contributed by atoms with E-state index in [2.05, 4.69) is 10.3 Å². The summed E-state index contributed by atoms with van der Waals surface area (Å²) in [5.74, 6) is -1.20. The Morgan fingerprint density at radius 1 is 1.23 bits per heavy atom. The SMILES string of the molecule is CC1(C)C(=O)N(c2ccc(C#N)c(C(F)(F)F)c2)C(=O)N1CC(=O)Nc1ccccn1. The Morgan fingerprint density at radius 3 is 2.52 bits per heavy atom. The molecule has 1 saturated heterocycles. The summed E-state index contributed by atoms with van der Waals surface area (Å²) in [6.07, 6.45) is -3.40. The van der Waals surface area contributed by atoms with E-state index in [0.717, 1.165) is 17.0 Å². The number of hydrogen-bond donors (Lipinski definition) is 1. The molecule has 2 aromatic rings. The van der Waals surface area contributed by atoms with E-state index in [-0.39, 0.29) is 11.5 Å². The lowest BCUT2D eigenvalue weighted by Crippen LogP contribution is -2.47. The van der Waals surface area contributed by atoms with Crippen LogP contribution < -0.4 is 10.2 Å². The van der Waals surface area contributed by atoms with Crippen LogP contribution in [0.1, 0.15) is 25.0 Å². The molecule has 1 aliphatic rings. The minimum atomic E-state index is -4.86. The van der Waals surface area contributed by atoms with E-state index in [1.165, 1.54) is 32.2 Å². The summed E-state index contributed by atoms with van der Waals surface area (Å²) in [7, 11) is 0. The van der Waals surface area contributed by atoms with Gasteiger partial charge in [0.15, 0.2) is 0 Å². The molecule has 1 aromatic carbocycles. The zero-order valence-electron chi connectivity index (χ0n) is 16.4. The van der Waals surface area contributed by atoms with Gasteiger partial charge in [-0.1, -0.05) is 6.07 Å². The van der Waals surface area contributed by atoms with Crippen LogP contribution >= 0.6 is 0 Å². The second-order valence-corrected chi connectivity index (χ2v) is 7.17. The van der Waals surface area contributed by atoms with Crippen molar-refractivity contribution in [1.29, 1.82) is 5.26 Å². The van der Waals surface area contributed by atoms with Gasteiger partial charge in [0.25, 0.3) is 5.91 Å². The molecule has 0 aliphatic carbocycles. The molecule has 11 heteroatoms. The molecule has 3 rings (SSSR count). The summed E-state index contributed by atoms with van der Waals surface area (Å²) in [6.45, 7) is 2.25. The third kappa shape index (κ3) is 4.05. The van der Waals surface area contributed by atoms with Gasteiger partial charge in [0.1, 0.15) is 17.9 Å². The number of imide groups is 1. The Bertz CT molecular complexity index is 1090. The lowest BCUT2D eigenvalue weighted by atomic mass is 10.0. The fourth-order valence-electron chi connectivity index (χ4n) is 3.09. The van der Waals surface area contributed by atoms with E-state index in [0.29, 0.717) is 11.0 Å². The smallest absolute Gasteiger partial charge is 0.309 e. The molecule has 1 fully saturated rings. The summed E-state index contributed by atoms with van der Waals surface area (Å²) in [5, 5.41) is 11.4. The lowest BCUT2D eigenvalue weighted by molar-refractivity contribution is -0.137. The first kappa shape index (κ1) is 21.8. The highest BCUT2D eigenvalue weighted by molar-refractivity contribution is 6.23. The highest BCUT2D eigenvalue weighted by atomic mass is 19.4. The lowest BCUT2D eigenvalue weighted by Gasteiger charge is -2.26. The molecule has 31 heavy (non-hydrogen) atoms. The zero-order valence-corrected chi connectivity index (χ0v) is 16.4. The maximum atomic E-state index is 13.3. The van der Waals surface area contributed by atoms with Crippen LogP contribution in [-0.4, -0.2) is 39.8 Å². The van der Waals surface area contributed by atoms with E-state index >= 15 is 0 Å². The predicted molar refractivity (Wildman–Crippen MR) is 103 cm³/mol. The van der Waals surface area contributed by atoms with Crippen LogP contribution in [0.15, 0.2) is 42.6 Å². The van der Waals surface area contributed by atoms with Crippen LogP contribution in [0.3, 0.4) is 0 Å². The first-order chi connectivity index (χ1) is 14.5. The van der Waals surface area contributed by atoms with Gasteiger partial charge in [-0.25, -0.2) is 14.7 Å². The van der Waals surface area contributed by atoms with Crippen molar-refractivity contribution < 1.29 is 27.6 Å². The Morgan fingerprint density at radius 2 is 1.94 bits per heavy atom. The largest absolute Gasteiger partial charge is 0.417 e. The van der Waals surface area contributed by atoms with Gasteiger partial charge in [0.05, 0.1) is 22.9 Å². The topological polar surface area (TPSA) is 106 Å². The van der Waals surface area contributed by atoms with E-state index in [4.69, 9.17) is 5.26 Å². The van der Waals surface area contributed by atoms with Crippen molar-refractivity contribution in [3.63, 3.8) is 0 Å². The van der Waals surface area contributed by atoms with Crippen LogP contribution in [0.4, 0.5) is 29.5 Å². The number of nitrogens with one attached hydrogen (secondary N) is 1. The number of halogens is 3. The van der Waals surface area contributed by atoms with Crippen LogP contribution in [0, 0.1) is 11.3 Å². The first-order valence-corrected chi connectivity index (χ1v) is 8.95. The molecule has 0 unspecified atom stereocenters. The molecule has 1 N–H and O–H groups in total. The van der Waals surface area contributed by atoms with Crippen molar-refractivity contribution in [2.75, 3.05) is 16.8 Å². The number of urea groups is 1. The van der Waals surface area contributed by atoms with Crippen LogP contribution in [0.25, 0.3) is 0 Å². The minimum absolute atomic E-state index is 0.238. The summed E-state index contributed by atoms with van der Waals surface area (Å²) < 4.78 is 39.9. The average molecular weight is 431 g/mol. The number of aromatic nitrogens is 1. The van der Waals surface area contributed by atoms with Crippen LogP contribution in [-0.2, 0) is 15.8 Å². The molecule has 0 radical (unpaired) electrons. The number of nitriles is 1. The Labute approximate surface area is 174 Å². The number of anilines is 2. The molecule has 1 aliphatic heterocycles. The molecular weight excluding hydrogens is 415 g/mol. The number of pyridine rings is 1. The molecule has 1 aromatic heterocycles. The van der Waals surface area contributed by atoms with Gasteiger partial charge < -0.3 is 10.2 Å². The van der Waals surface area contributed by atoms with Crippen molar-refractivity contribution in [2.45, 2.75) is 25.6 Å². The predicted octanol–water partition coefficient (Wildman–Crippen LogP) is 3.16. The molecule has 8 nitrogen and oxygen atoms in total. The van der Waals surface area contributed by atoms with Gasteiger partial charge >= 0.3 is 12.2 Å². The van der Waals surface area contributed by atoms with Crippen molar-refractivity contribution in [3.05, 3.63) is 53.7 Å². The fraction of sp³-hybridized carbons (Fsp3) is 0.250. The van der Waals surface area contributed by atoms with Gasteiger partial charge in [0, 0.05) is 6.20 Å². The Kier molecular flexibility index (Phi) is 5.42. The number of nitrogens with zero attached hydrogens (tertiary/aromatic N) is 4. The Hall–Kier alpha value is -3.94. The zero-order chi connectivity index (χ0) is 23.0. The van der Waals surface area contributed by atoms with Crippen molar-refractivity contribution >= 4 is 29.4 Å². The van der Waals surface area contributed by atoms with Gasteiger partial charge in [-0.15, -0.1) is 0 Å². The van der Waals surface area contributed by atoms with E-state index in [1.807, 2.05) is 0 Å². The number of carbonyl (C=O) groups excluding carboxylic acids is 3. The Balaban J connectivity index is 1.91. The number of amides is 4. The van der Waals surface area contributed by atoms with Gasteiger partial charge in [-0.2, -0.15) is 18.4 Å². The molecule has 0 spiro atoms. The molecule has 0 saturated carbocycles. The molecule has 160 valence electrons. The minimum Gasteiger partial charge on any atom is -0.309 e.